The van der Waals surface area contributed by atoms with Gasteiger partial charge in [-0.15, -0.1) is 0 Å². The predicted molar refractivity (Wildman–Crippen MR) is 67.8 cm³/mol. The van der Waals surface area contributed by atoms with Gasteiger partial charge >= 0.3 is 5.97 Å². The molecule has 1 atom stereocenters. The number of ether oxygens (including phenoxy) is 2. The molecule has 0 amide bonds. The van der Waals surface area contributed by atoms with Gasteiger partial charge in [0.2, 0.25) is 0 Å². The number of hydrogen-bond donors (Lipinski definition) is 1. The molecular formula is C12H16ClNO3. The third-order valence-corrected chi connectivity index (χ3v) is 2.54. The highest BCUT2D eigenvalue weighted by Gasteiger charge is 2.10. The Morgan fingerprint density at radius 3 is 2.76 bits per heavy atom. The Hall–Kier alpha value is -1.26. The van der Waals surface area contributed by atoms with Crippen LogP contribution in [-0.2, 0) is 9.47 Å². The van der Waals surface area contributed by atoms with E-state index >= 15 is 0 Å². The number of carbonyl (C=O) groups excluding carboxylic acids is 1. The lowest BCUT2D eigenvalue weighted by molar-refractivity contribution is 0.0601. The van der Waals surface area contributed by atoms with Gasteiger partial charge in [0.25, 0.3) is 0 Å². The highest BCUT2D eigenvalue weighted by atomic mass is 35.5. The van der Waals surface area contributed by atoms with Crippen LogP contribution in [0, 0.1) is 0 Å². The van der Waals surface area contributed by atoms with Crippen LogP contribution >= 0.6 is 11.6 Å². The summed E-state index contributed by atoms with van der Waals surface area (Å²) in [7, 11) is 2.97. The van der Waals surface area contributed by atoms with E-state index in [9.17, 15) is 4.79 Å². The van der Waals surface area contributed by atoms with Gasteiger partial charge in [0.1, 0.15) is 0 Å². The maximum absolute atomic E-state index is 11.4. The summed E-state index contributed by atoms with van der Waals surface area (Å²) in [6.07, 6.45) is 0. The Kier molecular flexibility index (Phi) is 5.25. The number of carbonyl (C=O) groups is 1. The van der Waals surface area contributed by atoms with Crippen LogP contribution in [0.3, 0.4) is 0 Å². The van der Waals surface area contributed by atoms with Crippen molar-refractivity contribution < 1.29 is 14.3 Å². The van der Waals surface area contributed by atoms with Gasteiger partial charge in [0, 0.05) is 13.2 Å². The molecule has 0 saturated carbocycles. The van der Waals surface area contributed by atoms with Crippen LogP contribution in [0.15, 0.2) is 18.2 Å². The minimum absolute atomic E-state index is 0.102. The topological polar surface area (TPSA) is 47.6 Å². The van der Waals surface area contributed by atoms with Crippen LogP contribution in [0.4, 0.5) is 5.69 Å². The maximum atomic E-state index is 11.4. The molecule has 0 aliphatic carbocycles. The summed E-state index contributed by atoms with van der Waals surface area (Å²) in [6, 6.07) is 5.06. The Labute approximate surface area is 106 Å². The number of nitrogens with one attached hydrogen (secondary N) is 1. The summed E-state index contributed by atoms with van der Waals surface area (Å²) >= 11 is 6.03. The number of rotatable bonds is 5. The third-order valence-electron chi connectivity index (χ3n) is 2.21. The van der Waals surface area contributed by atoms with Crippen molar-refractivity contribution in [3.63, 3.8) is 0 Å². The van der Waals surface area contributed by atoms with E-state index < -0.39 is 0 Å². The van der Waals surface area contributed by atoms with Crippen LogP contribution in [0.5, 0.6) is 0 Å². The average molecular weight is 258 g/mol. The van der Waals surface area contributed by atoms with Crippen molar-refractivity contribution in [1.82, 2.24) is 0 Å². The van der Waals surface area contributed by atoms with Gasteiger partial charge in [-0.3, -0.25) is 0 Å². The fraction of sp³-hybridized carbons (Fsp3) is 0.417. The molecular weight excluding hydrogens is 242 g/mol. The van der Waals surface area contributed by atoms with Crippen molar-refractivity contribution in [2.45, 2.75) is 13.0 Å². The minimum atomic E-state index is -0.385. The monoisotopic (exact) mass is 257 g/mol. The zero-order valence-corrected chi connectivity index (χ0v) is 10.9. The van der Waals surface area contributed by atoms with E-state index in [-0.39, 0.29) is 12.0 Å². The molecule has 1 aromatic rings. The molecule has 0 aliphatic heterocycles. The quantitative estimate of drug-likeness (QED) is 0.824. The number of methoxy groups -OCH3 is 2. The van der Waals surface area contributed by atoms with Crippen molar-refractivity contribution in [1.29, 1.82) is 0 Å². The van der Waals surface area contributed by atoms with E-state index in [0.717, 1.165) is 0 Å². The maximum Gasteiger partial charge on any atom is 0.337 e. The predicted octanol–water partition coefficient (Wildman–Crippen LogP) is 2.57. The zero-order valence-electron chi connectivity index (χ0n) is 10.1. The van der Waals surface area contributed by atoms with Crippen molar-refractivity contribution >= 4 is 23.3 Å². The fourth-order valence-corrected chi connectivity index (χ4v) is 1.61. The molecule has 0 radical (unpaired) electrons. The molecule has 0 spiro atoms. The van der Waals surface area contributed by atoms with Gasteiger partial charge in [-0.1, -0.05) is 11.6 Å². The molecule has 1 rings (SSSR count). The highest BCUT2D eigenvalue weighted by molar-refractivity contribution is 6.33. The molecule has 17 heavy (non-hydrogen) atoms. The van der Waals surface area contributed by atoms with Gasteiger partial charge in [0.15, 0.2) is 0 Å². The summed E-state index contributed by atoms with van der Waals surface area (Å²) < 4.78 is 9.67. The summed E-state index contributed by atoms with van der Waals surface area (Å²) in [4.78, 5) is 11.4. The zero-order chi connectivity index (χ0) is 12.8. The van der Waals surface area contributed by atoms with Crippen LogP contribution in [-0.4, -0.2) is 32.8 Å². The average Bonchev–Trinajstić information content (AvgIpc) is 2.31. The third kappa shape index (κ3) is 3.91. The molecule has 0 bridgehead atoms. The molecule has 94 valence electrons. The number of benzene rings is 1. The van der Waals surface area contributed by atoms with Gasteiger partial charge in [-0.05, 0) is 25.1 Å². The molecule has 0 fully saturated rings. The van der Waals surface area contributed by atoms with Crippen LogP contribution in [0.1, 0.15) is 17.3 Å². The Bertz CT molecular complexity index is 395. The minimum Gasteiger partial charge on any atom is -0.465 e. The Balaban J connectivity index is 2.86. The van der Waals surface area contributed by atoms with Gasteiger partial charge < -0.3 is 14.8 Å². The smallest absolute Gasteiger partial charge is 0.337 e. The van der Waals surface area contributed by atoms with Crippen molar-refractivity contribution in [2.24, 2.45) is 0 Å². The second-order valence-corrected chi connectivity index (χ2v) is 4.09. The fourth-order valence-electron chi connectivity index (χ4n) is 1.44. The number of halogens is 1. The van der Waals surface area contributed by atoms with Crippen molar-refractivity contribution in [3.05, 3.63) is 28.8 Å². The van der Waals surface area contributed by atoms with E-state index in [2.05, 4.69) is 10.1 Å². The van der Waals surface area contributed by atoms with Crippen molar-refractivity contribution in [2.75, 3.05) is 26.1 Å². The van der Waals surface area contributed by atoms with Crippen LogP contribution in [0.25, 0.3) is 0 Å². The standard InChI is InChI=1S/C12H16ClNO3/c1-8(7-16-2)14-11-6-9(12(15)17-3)4-5-10(11)13/h4-6,8,14H,7H2,1-3H3. The first-order chi connectivity index (χ1) is 8.08. The lowest BCUT2D eigenvalue weighted by Crippen LogP contribution is -2.21. The summed E-state index contributed by atoms with van der Waals surface area (Å²) in [5, 5.41) is 3.72. The first-order valence-electron chi connectivity index (χ1n) is 5.21. The summed E-state index contributed by atoms with van der Waals surface area (Å²) in [5.74, 6) is -0.385. The van der Waals surface area contributed by atoms with E-state index in [1.54, 1.807) is 25.3 Å². The number of esters is 1. The molecule has 0 aromatic heterocycles. The molecule has 1 N–H and O–H groups in total. The molecule has 0 heterocycles. The van der Waals surface area contributed by atoms with Crippen LogP contribution in [0.2, 0.25) is 5.02 Å². The van der Waals surface area contributed by atoms with Crippen molar-refractivity contribution in [3.8, 4) is 0 Å². The SMILES string of the molecule is COCC(C)Nc1cc(C(=O)OC)ccc1Cl. The number of anilines is 1. The lowest BCUT2D eigenvalue weighted by atomic mass is 10.2. The van der Waals surface area contributed by atoms with E-state index in [0.29, 0.717) is 22.9 Å². The molecule has 0 saturated heterocycles. The summed E-state index contributed by atoms with van der Waals surface area (Å²) in [6.45, 7) is 2.52. The number of hydrogen-bond acceptors (Lipinski definition) is 4. The van der Waals surface area contributed by atoms with Gasteiger partial charge in [-0.25, -0.2) is 4.79 Å². The molecule has 0 aliphatic rings. The van der Waals surface area contributed by atoms with E-state index in [1.165, 1.54) is 7.11 Å². The Morgan fingerprint density at radius 2 is 2.18 bits per heavy atom. The normalized spacial score (nSPS) is 12.0. The van der Waals surface area contributed by atoms with E-state index in [1.807, 2.05) is 6.92 Å². The van der Waals surface area contributed by atoms with Gasteiger partial charge in [0.05, 0.1) is 30.0 Å². The first kappa shape index (κ1) is 13.8. The molecule has 1 aromatic carbocycles. The Morgan fingerprint density at radius 1 is 1.47 bits per heavy atom. The largest absolute Gasteiger partial charge is 0.465 e. The lowest BCUT2D eigenvalue weighted by Gasteiger charge is -2.16. The second kappa shape index (κ2) is 6.47. The van der Waals surface area contributed by atoms with Crippen LogP contribution < -0.4 is 5.32 Å². The summed E-state index contributed by atoms with van der Waals surface area (Å²) in [5.41, 5.74) is 1.16. The molecule has 4 nitrogen and oxygen atoms in total. The molecule has 1 unspecified atom stereocenters. The van der Waals surface area contributed by atoms with Gasteiger partial charge in [-0.2, -0.15) is 0 Å². The molecule has 5 heteroatoms. The second-order valence-electron chi connectivity index (χ2n) is 3.69. The highest BCUT2D eigenvalue weighted by Crippen LogP contribution is 2.24. The first-order valence-corrected chi connectivity index (χ1v) is 5.59. The van der Waals surface area contributed by atoms with E-state index in [4.69, 9.17) is 16.3 Å².